The highest BCUT2D eigenvalue weighted by Crippen LogP contribution is 2.22. The number of halogens is 1. The standard InChI is InChI=1S/C16H21ClN4O2/c1-4-18-14(22)10-21(5-2)11(3)15-19-20-16(23-15)12-7-6-8-13(17)9-12/h6-9,11H,4-5,10H2,1-3H3,(H,18,22)/p+1/t11-/m0/s1. The molecule has 6 nitrogen and oxygen atoms in total. The number of carbonyl (C=O) groups excluding carboxylic acids is 1. The van der Waals surface area contributed by atoms with E-state index in [0.717, 1.165) is 17.0 Å². The van der Waals surface area contributed by atoms with Crippen LogP contribution in [0.4, 0.5) is 0 Å². The van der Waals surface area contributed by atoms with Crippen LogP contribution >= 0.6 is 11.6 Å². The van der Waals surface area contributed by atoms with Crippen molar-refractivity contribution in [3.63, 3.8) is 0 Å². The van der Waals surface area contributed by atoms with Crippen molar-refractivity contribution >= 4 is 17.5 Å². The van der Waals surface area contributed by atoms with Gasteiger partial charge in [-0.2, -0.15) is 0 Å². The molecule has 0 saturated heterocycles. The fourth-order valence-electron chi connectivity index (χ4n) is 2.37. The highest BCUT2D eigenvalue weighted by Gasteiger charge is 2.26. The number of carbonyl (C=O) groups is 1. The summed E-state index contributed by atoms with van der Waals surface area (Å²) in [6.07, 6.45) is 0. The Hall–Kier alpha value is -1.92. The average Bonchev–Trinajstić information content (AvgIpc) is 3.02. The molecule has 2 atom stereocenters. The van der Waals surface area contributed by atoms with Gasteiger partial charge >= 0.3 is 0 Å². The van der Waals surface area contributed by atoms with E-state index in [1.165, 1.54) is 0 Å². The fraction of sp³-hybridized carbons (Fsp3) is 0.438. The molecule has 0 radical (unpaired) electrons. The van der Waals surface area contributed by atoms with Crippen LogP contribution in [0, 0.1) is 0 Å². The Kier molecular flexibility index (Phi) is 6.12. The molecule has 124 valence electrons. The van der Waals surface area contributed by atoms with Crippen molar-refractivity contribution in [2.45, 2.75) is 26.8 Å². The normalized spacial score (nSPS) is 13.6. The van der Waals surface area contributed by atoms with Crippen LogP contribution in [-0.2, 0) is 4.79 Å². The van der Waals surface area contributed by atoms with E-state index in [9.17, 15) is 4.79 Å². The third-order valence-electron chi connectivity index (χ3n) is 3.71. The Balaban J connectivity index is 2.13. The molecule has 2 aromatic rings. The van der Waals surface area contributed by atoms with Crippen LogP contribution in [-0.4, -0.2) is 35.7 Å². The molecule has 0 saturated carbocycles. The summed E-state index contributed by atoms with van der Waals surface area (Å²) in [6, 6.07) is 7.21. The summed E-state index contributed by atoms with van der Waals surface area (Å²) < 4.78 is 5.78. The summed E-state index contributed by atoms with van der Waals surface area (Å²) >= 11 is 5.99. The zero-order valence-electron chi connectivity index (χ0n) is 13.6. The Morgan fingerprint density at radius 1 is 1.39 bits per heavy atom. The van der Waals surface area contributed by atoms with Gasteiger partial charge in [-0.05, 0) is 39.0 Å². The zero-order valence-corrected chi connectivity index (χ0v) is 14.4. The molecule has 1 heterocycles. The first-order valence-electron chi connectivity index (χ1n) is 7.75. The van der Waals surface area contributed by atoms with Crippen molar-refractivity contribution in [2.75, 3.05) is 19.6 Å². The number of nitrogens with one attached hydrogen (secondary N) is 2. The molecule has 7 heteroatoms. The predicted octanol–water partition coefficient (Wildman–Crippen LogP) is 1.49. The first kappa shape index (κ1) is 17.4. The third-order valence-corrected chi connectivity index (χ3v) is 3.95. The molecule has 1 aromatic carbocycles. The molecule has 2 N–H and O–H groups in total. The molecule has 1 amide bonds. The van der Waals surface area contributed by atoms with Gasteiger partial charge < -0.3 is 14.6 Å². The SMILES string of the molecule is CCNC(=O)C[NH+](CC)[C@@H](C)c1nnc(-c2cccc(Cl)c2)o1. The van der Waals surface area contributed by atoms with E-state index in [1.54, 1.807) is 12.1 Å². The number of quaternary nitrogens is 1. The summed E-state index contributed by atoms with van der Waals surface area (Å²) in [5.74, 6) is 0.967. The van der Waals surface area contributed by atoms with E-state index in [0.29, 0.717) is 29.9 Å². The lowest BCUT2D eigenvalue weighted by atomic mass is 10.2. The van der Waals surface area contributed by atoms with Gasteiger partial charge in [-0.1, -0.05) is 17.7 Å². The molecule has 1 unspecified atom stereocenters. The number of likely N-dealkylation sites (N-methyl/N-ethyl adjacent to an activating group) is 2. The maximum atomic E-state index is 11.8. The molecule has 0 bridgehead atoms. The van der Waals surface area contributed by atoms with Crippen molar-refractivity contribution in [1.29, 1.82) is 0 Å². The summed E-state index contributed by atoms with van der Waals surface area (Å²) in [4.78, 5) is 12.9. The maximum Gasteiger partial charge on any atom is 0.275 e. The van der Waals surface area contributed by atoms with E-state index >= 15 is 0 Å². The minimum Gasteiger partial charge on any atom is -0.415 e. The van der Waals surface area contributed by atoms with E-state index in [1.807, 2.05) is 32.9 Å². The topological polar surface area (TPSA) is 72.5 Å². The molecule has 0 aliphatic carbocycles. The first-order valence-corrected chi connectivity index (χ1v) is 8.13. The second-order valence-corrected chi connectivity index (χ2v) is 5.76. The van der Waals surface area contributed by atoms with Crippen molar-refractivity contribution in [1.82, 2.24) is 15.5 Å². The molecule has 2 rings (SSSR count). The van der Waals surface area contributed by atoms with Crippen molar-refractivity contribution in [3.05, 3.63) is 35.2 Å². The predicted molar refractivity (Wildman–Crippen MR) is 88.2 cm³/mol. The molecule has 1 aromatic heterocycles. The largest absolute Gasteiger partial charge is 0.415 e. The molecular weight excluding hydrogens is 316 g/mol. The third kappa shape index (κ3) is 4.53. The summed E-state index contributed by atoms with van der Waals surface area (Å²) in [5.41, 5.74) is 0.783. The van der Waals surface area contributed by atoms with Gasteiger partial charge in [0.05, 0.1) is 6.54 Å². The Morgan fingerprint density at radius 3 is 2.83 bits per heavy atom. The van der Waals surface area contributed by atoms with Crippen LogP contribution in [0.15, 0.2) is 28.7 Å². The van der Waals surface area contributed by atoms with Gasteiger partial charge in [0.25, 0.3) is 11.8 Å². The number of amides is 1. The fourth-order valence-corrected chi connectivity index (χ4v) is 2.56. The van der Waals surface area contributed by atoms with E-state index in [-0.39, 0.29) is 11.9 Å². The summed E-state index contributed by atoms with van der Waals surface area (Å²) in [7, 11) is 0. The Morgan fingerprint density at radius 2 is 2.17 bits per heavy atom. The van der Waals surface area contributed by atoms with E-state index in [2.05, 4.69) is 15.5 Å². The number of hydrogen-bond donors (Lipinski definition) is 2. The molecule has 0 aliphatic rings. The second-order valence-electron chi connectivity index (χ2n) is 5.32. The summed E-state index contributed by atoms with van der Waals surface area (Å²) in [5, 5.41) is 11.7. The van der Waals surface area contributed by atoms with Gasteiger partial charge in [0.15, 0.2) is 12.6 Å². The quantitative estimate of drug-likeness (QED) is 0.803. The number of nitrogens with zero attached hydrogens (tertiary/aromatic N) is 2. The average molecular weight is 338 g/mol. The van der Waals surface area contributed by atoms with E-state index in [4.69, 9.17) is 16.0 Å². The van der Waals surface area contributed by atoms with Crippen molar-refractivity contribution in [2.24, 2.45) is 0 Å². The van der Waals surface area contributed by atoms with Gasteiger partial charge in [0, 0.05) is 17.1 Å². The lowest BCUT2D eigenvalue weighted by molar-refractivity contribution is -0.921. The van der Waals surface area contributed by atoms with Gasteiger partial charge in [0.2, 0.25) is 5.89 Å². The minimum absolute atomic E-state index is 0.0192. The van der Waals surface area contributed by atoms with Crippen LogP contribution in [0.25, 0.3) is 11.5 Å². The number of hydrogen-bond acceptors (Lipinski definition) is 4. The van der Waals surface area contributed by atoms with E-state index < -0.39 is 0 Å². The Bertz CT molecular complexity index is 659. The smallest absolute Gasteiger partial charge is 0.275 e. The second kappa shape index (κ2) is 8.08. The van der Waals surface area contributed by atoms with Crippen molar-refractivity contribution < 1.29 is 14.1 Å². The number of rotatable bonds is 7. The number of benzene rings is 1. The first-order chi connectivity index (χ1) is 11.0. The van der Waals surface area contributed by atoms with Crippen LogP contribution in [0.1, 0.15) is 32.7 Å². The Labute approximate surface area is 140 Å². The zero-order chi connectivity index (χ0) is 16.8. The molecule has 23 heavy (non-hydrogen) atoms. The molecule has 0 spiro atoms. The van der Waals surface area contributed by atoms with Gasteiger partial charge in [-0.15, -0.1) is 10.2 Å². The monoisotopic (exact) mass is 337 g/mol. The maximum absolute atomic E-state index is 11.8. The molecule has 0 aliphatic heterocycles. The molecular formula is C16H22ClN4O2+. The van der Waals surface area contributed by atoms with Crippen LogP contribution in [0.5, 0.6) is 0 Å². The van der Waals surface area contributed by atoms with Crippen LogP contribution < -0.4 is 10.2 Å². The van der Waals surface area contributed by atoms with Gasteiger partial charge in [-0.25, -0.2) is 0 Å². The molecule has 0 fully saturated rings. The summed E-state index contributed by atoms with van der Waals surface area (Å²) in [6.45, 7) is 7.70. The highest BCUT2D eigenvalue weighted by molar-refractivity contribution is 6.30. The van der Waals surface area contributed by atoms with Gasteiger partial charge in [0.1, 0.15) is 0 Å². The lowest BCUT2D eigenvalue weighted by Crippen LogP contribution is -3.12. The van der Waals surface area contributed by atoms with Crippen LogP contribution in [0.3, 0.4) is 0 Å². The number of aromatic nitrogens is 2. The van der Waals surface area contributed by atoms with Gasteiger partial charge in [-0.3, -0.25) is 4.79 Å². The highest BCUT2D eigenvalue weighted by atomic mass is 35.5. The van der Waals surface area contributed by atoms with Crippen LogP contribution in [0.2, 0.25) is 5.02 Å². The van der Waals surface area contributed by atoms with Crippen molar-refractivity contribution in [3.8, 4) is 11.5 Å². The minimum atomic E-state index is -0.0666. The lowest BCUT2D eigenvalue weighted by Gasteiger charge is -2.21.